The van der Waals surface area contributed by atoms with Gasteiger partial charge in [-0.3, -0.25) is 9.59 Å². The summed E-state index contributed by atoms with van der Waals surface area (Å²) in [6.45, 7) is 6.38. The van der Waals surface area contributed by atoms with Crippen molar-refractivity contribution in [2.75, 3.05) is 23.3 Å². The first kappa shape index (κ1) is 13.9. The summed E-state index contributed by atoms with van der Waals surface area (Å²) in [5.74, 6) is -0.997. The van der Waals surface area contributed by atoms with Crippen LogP contribution in [0.4, 0.5) is 11.4 Å². The lowest BCUT2D eigenvalue weighted by Gasteiger charge is -2.36. The number of Topliss-reactive ketones (excluding diaryl/α,β-unsaturated/α-hetero) is 1. The molecule has 2 aliphatic heterocycles. The fraction of sp³-hybridized carbons (Fsp3) is 0.429. The molecule has 20 heavy (non-hydrogen) atoms. The van der Waals surface area contributed by atoms with Crippen LogP contribution in [0.2, 0.25) is 0 Å². The Balaban J connectivity index is 1.97. The van der Waals surface area contributed by atoms with Crippen LogP contribution < -0.4 is 10.2 Å². The summed E-state index contributed by atoms with van der Waals surface area (Å²) in [4.78, 5) is 25.4. The molecule has 2 heterocycles. The average Bonchev–Trinajstić information content (AvgIpc) is 2.63. The van der Waals surface area contributed by atoms with E-state index in [2.05, 4.69) is 40.0 Å². The number of anilines is 2. The molecular weight excluding hydrogens is 340 g/mol. The maximum Gasteiger partial charge on any atom is 0.296 e. The molecule has 0 aliphatic carbocycles. The number of fused-ring (bicyclic) bond motifs is 1. The maximum atomic E-state index is 11.7. The number of ketones is 1. The SMILES string of the molecule is CC1CN(c2cc3c(cc2Br)C(=O)C(=O)N3)CC(C)S1. The van der Waals surface area contributed by atoms with Crippen molar-refractivity contribution in [3.63, 3.8) is 0 Å². The first-order valence-electron chi connectivity index (χ1n) is 6.55. The van der Waals surface area contributed by atoms with E-state index in [1.807, 2.05) is 17.8 Å². The molecule has 0 radical (unpaired) electrons. The van der Waals surface area contributed by atoms with E-state index in [4.69, 9.17) is 0 Å². The smallest absolute Gasteiger partial charge is 0.296 e. The van der Waals surface area contributed by atoms with Gasteiger partial charge < -0.3 is 10.2 Å². The molecule has 1 aromatic carbocycles. The van der Waals surface area contributed by atoms with Gasteiger partial charge in [0.15, 0.2) is 0 Å². The van der Waals surface area contributed by atoms with Gasteiger partial charge in [0.25, 0.3) is 11.7 Å². The van der Waals surface area contributed by atoms with Gasteiger partial charge in [-0.05, 0) is 28.1 Å². The van der Waals surface area contributed by atoms with Crippen molar-refractivity contribution < 1.29 is 9.59 Å². The molecule has 1 aromatic rings. The van der Waals surface area contributed by atoms with E-state index >= 15 is 0 Å². The number of carbonyl (C=O) groups is 2. The van der Waals surface area contributed by atoms with Crippen molar-refractivity contribution >= 4 is 50.8 Å². The number of halogens is 1. The number of thioether (sulfide) groups is 1. The summed E-state index contributed by atoms with van der Waals surface area (Å²) in [5, 5.41) is 3.76. The van der Waals surface area contributed by atoms with Gasteiger partial charge in [0, 0.05) is 28.1 Å². The zero-order chi connectivity index (χ0) is 14.4. The highest BCUT2D eigenvalue weighted by Gasteiger charge is 2.31. The lowest BCUT2D eigenvalue weighted by atomic mass is 10.1. The number of hydrogen-bond donors (Lipinski definition) is 1. The number of carbonyl (C=O) groups excluding carboxylic acids is 2. The predicted octanol–water partition coefficient (Wildman–Crippen LogP) is 2.91. The van der Waals surface area contributed by atoms with Gasteiger partial charge >= 0.3 is 0 Å². The highest BCUT2D eigenvalue weighted by Crippen LogP contribution is 2.38. The topological polar surface area (TPSA) is 49.4 Å². The van der Waals surface area contributed by atoms with Gasteiger partial charge in [-0.2, -0.15) is 11.8 Å². The van der Waals surface area contributed by atoms with Gasteiger partial charge in [-0.15, -0.1) is 0 Å². The number of nitrogens with zero attached hydrogens (tertiary/aromatic N) is 1. The molecule has 1 saturated heterocycles. The van der Waals surface area contributed by atoms with Crippen molar-refractivity contribution in [1.82, 2.24) is 0 Å². The summed E-state index contributed by atoms with van der Waals surface area (Å²) >= 11 is 5.52. The maximum absolute atomic E-state index is 11.7. The average molecular weight is 355 g/mol. The van der Waals surface area contributed by atoms with Gasteiger partial charge in [-0.25, -0.2) is 0 Å². The molecule has 1 N–H and O–H groups in total. The molecule has 2 atom stereocenters. The first-order chi connectivity index (χ1) is 9.45. The van der Waals surface area contributed by atoms with E-state index in [-0.39, 0.29) is 0 Å². The Morgan fingerprint density at radius 3 is 2.55 bits per heavy atom. The Labute approximate surface area is 130 Å². The van der Waals surface area contributed by atoms with E-state index in [9.17, 15) is 9.59 Å². The second-order valence-corrected chi connectivity index (χ2v) is 8.03. The molecule has 2 aliphatic rings. The minimum absolute atomic E-state index is 0.455. The molecule has 3 rings (SSSR count). The standard InChI is InChI=1S/C14H15BrN2O2S/c1-7-5-17(6-8(2)20-7)12-4-11-9(3-10(12)15)13(18)14(19)16-11/h3-4,7-8H,5-6H2,1-2H3,(H,16,18,19). The van der Waals surface area contributed by atoms with Gasteiger partial charge in [0.2, 0.25) is 0 Å². The summed E-state index contributed by atoms with van der Waals surface area (Å²) in [5.41, 5.74) is 2.12. The Hall–Kier alpha value is -1.01. The van der Waals surface area contributed by atoms with Crippen LogP contribution in [-0.2, 0) is 4.79 Å². The van der Waals surface area contributed by atoms with E-state index in [1.54, 1.807) is 6.07 Å². The number of nitrogens with one attached hydrogen (secondary N) is 1. The quantitative estimate of drug-likeness (QED) is 0.787. The number of benzene rings is 1. The number of rotatable bonds is 1. The number of amides is 1. The molecule has 0 bridgehead atoms. The van der Waals surface area contributed by atoms with Crippen LogP contribution in [0, 0.1) is 0 Å². The first-order valence-corrected chi connectivity index (χ1v) is 8.29. The summed E-state index contributed by atoms with van der Waals surface area (Å²) in [6.07, 6.45) is 0. The third-order valence-electron chi connectivity index (χ3n) is 3.55. The van der Waals surface area contributed by atoms with Crippen LogP contribution in [0.15, 0.2) is 16.6 Å². The molecule has 1 amide bonds. The molecular formula is C14H15BrN2O2S. The van der Waals surface area contributed by atoms with Crippen LogP contribution >= 0.6 is 27.7 Å². The highest BCUT2D eigenvalue weighted by molar-refractivity contribution is 9.10. The molecule has 0 saturated carbocycles. The normalized spacial score (nSPS) is 25.6. The largest absolute Gasteiger partial charge is 0.368 e. The second kappa shape index (κ2) is 5.07. The van der Waals surface area contributed by atoms with E-state index in [1.165, 1.54) is 0 Å². The molecule has 0 aromatic heterocycles. The van der Waals surface area contributed by atoms with Crippen molar-refractivity contribution in [2.45, 2.75) is 24.3 Å². The van der Waals surface area contributed by atoms with Crippen LogP contribution in [-0.4, -0.2) is 35.3 Å². The fourth-order valence-electron chi connectivity index (χ4n) is 2.77. The Morgan fingerprint density at radius 2 is 1.90 bits per heavy atom. The van der Waals surface area contributed by atoms with Crippen LogP contribution in [0.1, 0.15) is 24.2 Å². The van der Waals surface area contributed by atoms with Crippen LogP contribution in [0.25, 0.3) is 0 Å². The predicted molar refractivity (Wildman–Crippen MR) is 85.8 cm³/mol. The van der Waals surface area contributed by atoms with Crippen LogP contribution in [0.3, 0.4) is 0 Å². The molecule has 0 spiro atoms. The summed E-state index contributed by atoms with van der Waals surface area (Å²) in [6, 6.07) is 3.65. The Bertz CT molecular complexity index is 595. The van der Waals surface area contributed by atoms with Gasteiger partial charge in [0.1, 0.15) is 0 Å². The van der Waals surface area contributed by atoms with Crippen molar-refractivity contribution in [1.29, 1.82) is 0 Å². The van der Waals surface area contributed by atoms with Crippen molar-refractivity contribution in [2.24, 2.45) is 0 Å². The third-order valence-corrected chi connectivity index (χ3v) is 5.41. The molecule has 1 fully saturated rings. The van der Waals surface area contributed by atoms with Crippen molar-refractivity contribution in [3.05, 3.63) is 22.2 Å². The lowest BCUT2D eigenvalue weighted by molar-refractivity contribution is -0.112. The van der Waals surface area contributed by atoms with Gasteiger partial charge in [0.05, 0.1) is 16.9 Å². The van der Waals surface area contributed by atoms with E-state index in [0.29, 0.717) is 21.8 Å². The van der Waals surface area contributed by atoms with Gasteiger partial charge in [-0.1, -0.05) is 13.8 Å². The zero-order valence-electron chi connectivity index (χ0n) is 11.3. The summed E-state index contributed by atoms with van der Waals surface area (Å²) in [7, 11) is 0. The summed E-state index contributed by atoms with van der Waals surface area (Å²) < 4.78 is 0.868. The second-order valence-electron chi connectivity index (χ2n) is 5.29. The fourth-order valence-corrected chi connectivity index (χ4v) is 4.69. The molecule has 2 unspecified atom stereocenters. The lowest BCUT2D eigenvalue weighted by Crippen LogP contribution is -2.40. The molecule has 6 heteroatoms. The van der Waals surface area contributed by atoms with Crippen LogP contribution in [0.5, 0.6) is 0 Å². The van der Waals surface area contributed by atoms with E-state index < -0.39 is 11.7 Å². The van der Waals surface area contributed by atoms with E-state index in [0.717, 1.165) is 23.2 Å². The molecule has 106 valence electrons. The minimum atomic E-state index is -0.542. The Morgan fingerprint density at radius 1 is 1.25 bits per heavy atom. The highest BCUT2D eigenvalue weighted by atomic mass is 79.9. The third kappa shape index (κ3) is 2.35. The number of hydrogen-bond acceptors (Lipinski definition) is 4. The van der Waals surface area contributed by atoms with Crippen molar-refractivity contribution in [3.8, 4) is 0 Å². The molecule has 4 nitrogen and oxygen atoms in total. The Kier molecular flexibility index (Phi) is 3.54. The zero-order valence-corrected chi connectivity index (χ0v) is 13.7. The monoisotopic (exact) mass is 354 g/mol. The minimum Gasteiger partial charge on any atom is -0.368 e.